The second-order valence-electron chi connectivity index (χ2n) is 6.15. The predicted molar refractivity (Wildman–Crippen MR) is 69.0 cm³/mol. The van der Waals surface area contributed by atoms with Gasteiger partial charge in [-0.15, -0.1) is 0 Å². The SMILES string of the molecule is CC(C)N(C)C(=O)N1CCC2(CC1)CN(C)C2. The lowest BCUT2D eigenvalue weighted by Crippen LogP contribution is -2.60. The van der Waals surface area contributed by atoms with E-state index in [1.165, 1.54) is 25.9 Å². The lowest BCUT2D eigenvalue weighted by Gasteiger charge is -2.53. The number of hydrogen-bond donors (Lipinski definition) is 0. The van der Waals surface area contributed by atoms with E-state index < -0.39 is 0 Å². The highest BCUT2D eigenvalue weighted by atomic mass is 16.2. The number of piperidine rings is 1. The molecule has 0 radical (unpaired) electrons. The molecule has 0 atom stereocenters. The molecule has 2 fully saturated rings. The van der Waals surface area contributed by atoms with E-state index in [4.69, 9.17) is 0 Å². The minimum Gasteiger partial charge on any atom is -0.325 e. The average molecular weight is 239 g/mol. The second-order valence-corrected chi connectivity index (χ2v) is 6.15. The molecule has 0 aromatic carbocycles. The van der Waals surface area contributed by atoms with E-state index in [1.54, 1.807) is 0 Å². The van der Waals surface area contributed by atoms with E-state index in [1.807, 2.05) is 16.8 Å². The van der Waals surface area contributed by atoms with Crippen LogP contribution in [0.25, 0.3) is 0 Å². The molecule has 0 unspecified atom stereocenters. The summed E-state index contributed by atoms with van der Waals surface area (Å²) in [5.41, 5.74) is 0.530. The molecule has 0 bridgehead atoms. The Balaban J connectivity index is 1.85. The quantitative estimate of drug-likeness (QED) is 0.693. The Kier molecular flexibility index (Phi) is 3.34. The first-order chi connectivity index (χ1) is 7.93. The third-order valence-corrected chi connectivity index (χ3v) is 4.38. The number of nitrogens with zero attached hydrogens (tertiary/aromatic N) is 3. The topological polar surface area (TPSA) is 26.8 Å². The van der Waals surface area contributed by atoms with Crippen molar-refractivity contribution in [2.45, 2.75) is 32.7 Å². The summed E-state index contributed by atoms with van der Waals surface area (Å²) in [6.07, 6.45) is 2.35. The fourth-order valence-corrected chi connectivity index (χ4v) is 3.03. The molecule has 4 nitrogen and oxygen atoms in total. The Morgan fingerprint density at radius 1 is 1.24 bits per heavy atom. The van der Waals surface area contributed by atoms with Crippen LogP contribution in [0.15, 0.2) is 0 Å². The fraction of sp³-hybridized carbons (Fsp3) is 0.923. The van der Waals surface area contributed by atoms with E-state index in [0.717, 1.165) is 13.1 Å². The molecule has 17 heavy (non-hydrogen) atoms. The Morgan fingerprint density at radius 2 is 1.76 bits per heavy atom. The summed E-state index contributed by atoms with van der Waals surface area (Å²) in [6.45, 7) is 8.42. The van der Waals surface area contributed by atoms with Gasteiger partial charge in [-0.3, -0.25) is 0 Å². The maximum Gasteiger partial charge on any atom is 0.319 e. The van der Waals surface area contributed by atoms with Crippen LogP contribution < -0.4 is 0 Å². The van der Waals surface area contributed by atoms with Gasteiger partial charge in [0.05, 0.1) is 0 Å². The molecule has 2 amide bonds. The lowest BCUT2D eigenvalue weighted by atomic mass is 9.72. The lowest BCUT2D eigenvalue weighted by molar-refractivity contribution is -0.0259. The van der Waals surface area contributed by atoms with E-state index >= 15 is 0 Å². The maximum absolute atomic E-state index is 12.2. The van der Waals surface area contributed by atoms with E-state index in [9.17, 15) is 4.79 Å². The fourth-order valence-electron chi connectivity index (χ4n) is 3.03. The Morgan fingerprint density at radius 3 is 2.18 bits per heavy atom. The van der Waals surface area contributed by atoms with Crippen molar-refractivity contribution in [2.24, 2.45) is 5.41 Å². The molecule has 2 aliphatic heterocycles. The molecule has 98 valence electrons. The molecule has 0 aromatic heterocycles. The normalized spacial score (nSPS) is 23.9. The monoisotopic (exact) mass is 239 g/mol. The van der Waals surface area contributed by atoms with Crippen molar-refractivity contribution in [2.75, 3.05) is 40.3 Å². The van der Waals surface area contributed by atoms with E-state index in [-0.39, 0.29) is 12.1 Å². The van der Waals surface area contributed by atoms with Crippen molar-refractivity contribution in [1.82, 2.24) is 14.7 Å². The van der Waals surface area contributed by atoms with Crippen molar-refractivity contribution in [3.05, 3.63) is 0 Å². The largest absolute Gasteiger partial charge is 0.325 e. The Labute approximate surface area is 105 Å². The minimum atomic E-state index is 0.197. The zero-order valence-electron chi connectivity index (χ0n) is 11.6. The third-order valence-electron chi connectivity index (χ3n) is 4.38. The van der Waals surface area contributed by atoms with E-state index in [0.29, 0.717) is 5.41 Å². The molecule has 2 aliphatic rings. The summed E-state index contributed by atoms with van der Waals surface area (Å²) in [5.74, 6) is 0. The van der Waals surface area contributed by atoms with Gasteiger partial charge in [-0.05, 0) is 39.2 Å². The zero-order chi connectivity index (χ0) is 12.6. The van der Waals surface area contributed by atoms with Gasteiger partial charge in [-0.25, -0.2) is 4.79 Å². The summed E-state index contributed by atoms with van der Waals surface area (Å²) in [5, 5.41) is 0. The smallest absolute Gasteiger partial charge is 0.319 e. The molecule has 2 rings (SSSR count). The van der Waals surface area contributed by atoms with Crippen LogP contribution in [0.4, 0.5) is 4.79 Å². The van der Waals surface area contributed by atoms with Crippen molar-refractivity contribution >= 4 is 6.03 Å². The third kappa shape index (κ3) is 2.41. The van der Waals surface area contributed by atoms with Crippen LogP contribution in [-0.2, 0) is 0 Å². The average Bonchev–Trinajstić information content (AvgIpc) is 2.26. The van der Waals surface area contributed by atoms with Crippen LogP contribution in [0.1, 0.15) is 26.7 Å². The second kappa shape index (κ2) is 4.48. The molecule has 2 heterocycles. The molecular weight excluding hydrogens is 214 g/mol. The summed E-state index contributed by atoms with van der Waals surface area (Å²) >= 11 is 0. The van der Waals surface area contributed by atoms with E-state index in [2.05, 4.69) is 25.8 Å². The van der Waals surface area contributed by atoms with Gasteiger partial charge in [0.1, 0.15) is 0 Å². The number of urea groups is 1. The standard InChI is InChI=1S/C13H25N3O/c1-11(2)15(4)12(17)16-7-5-13(6-8-16)9-14(3)10-13/h11H,5-10H2,1-4H3. The first-order valence-corrected chi connectivity index (χ1v) is 6.64. The highest BCUT2D eigenvalue weighted by molar-refractivity contribution is 5.74. The van der Waals surface area contributed by atoms with Gasteiger partial charge >= 0.3 is 6.03 Å². The Hall–Kier alpha value is -0.770. The molecule has 0 N–H and O–H groups in total. The van der Waals surface area contributed by atoms with Crippen molar-refractivity contribution in [3.63, 3.8) is 0 Å². The zero-order valence-corrected chi connectivity index (χ0v) is 11.6. The number of carbonyl (C=O) groups is 1. The van der Waals surface area contributed by atoms with Crippen LogP contribution >= 0.6 is 0 Å². The first kappa shape index (κ1) is 12.7. The van der Waals surface area contributed by atoms with Gasteiger partial charge in [-0.2, -0.15) is 0 Å². The van der Waals surface area contributed by atoms with Gasteiger partial charge in [-0.1, -0.05) is 0 Å². The summed E-state index contributed by atoms with van der Waals surface area (Å²) in [6, 6.07) is 0.482. The number of rotatable bonds is 1. The predicted octanol–water partition coefficient (Wildman–Crippen LogP) is 1.47. The van der Waals surface area contributed by atoms with Gasteiger partial charge < -0.3 is 14.7 Å². The van der Waals surface area contributed by atoms with Gasteiger partial charge in [0, 0.05) is 39.3 Å². The molecule has 4 heteroatoms. The number of likely N-dealkylation sites (tertiary alicyclic amines) is 2. The summed E-state index contributed by atoms with van der Waals surface area (Å²) < 4.78 is 0. The van der Waals surface area contributed by atoms with Gasteiger partial charge in [0.15, 0.2) is 0 Å². The number of hydrogen-bond acceptors (Lipinski definition) is 2. The summed E-state index contributed by atoms with van der Waals surface area (Å²) in [4.78, 5) is 18.4. The molecular formula is C13H25N3O. The van der Waals surface area contributed by atoms with Crippen LogP contribution in [-0.4, -0.2) is 67.0 Å². The van der Waals surface area contributed by atoms with Crippen LogP contribution in [0.5, 0.6) is 0 Å². The van der Waals surface area contributed by atoms with Gasteiger partial charge in [0.2, 0.25) is 0 Å². The highest BCUT2D eigenvalue weighted by Gasteiger charge is 2.44. The van der Waals surface area contributed by atoms with Gasteiger partial charge in [0.25, 0.3) is 0 Å². The molecule has 0 aliphatic carbocycles. The number of carbonyl (C=O) groups excluding carboxylic acids is 1. The summed E-state index contributed by atoms with van der Waals surface area (Å²) in [7, 11) is 4.07. The first-order valence-electron chi connectivity index (χ1n) is 6.64. The Bertz CT molecular complexity index is 287. The van der Waals surface area contributed by atoms with Crippen molar-refractivity contribution < 1.29 is 4.79 Å². The minimum absolute atomic E-state index is 0.197. The van der Waals surface area contributed by atoms with Crippen molar-refractivity contribution in [1.29, 1.82) is 0 Å². The maximum atomic E-state index is 12.2. The van der Waals surface area contributed by atoms with Crippen LogP contribution in [0, 0.1) is 5.41 Å². The van der Waals surface area contributed by atoms with Crippen LogP contribution in [0.2, 0.25) is 0 Å². The molecule has 2 saturated heterocycles. The van der Waals surface area contributed by atoms with Crippen molar-refractivity contribution in [3.8, 4) is 0 Å². The van der Waals surface area contributed by atoms with Crippen LogP contribution in [0.3, 0.4) is 0 Å². The number of amides is 2. The molecule has 0 saturated carbocycles. The molecule has 0 aromatic rings. The molecule has 1 spiro atoms. The highest BCUT2D eigenvalue weighted by Crippen LogP contribution is 2.39.